The number of carbonyl (C=O) groups excluding carboxylic acids is 1. The van der Waals surface area contributed by atoms with Crippen molar-refractivity contribution in [3.63, 3.8) is 0 Å². The number of benzene rings is 1. The molecule has 2 atom stereocenters. The molecule has 0 bridgehead atoms. The largest absolute Gasteiger partial charge is 0.412 e. The predicted molar refractivity (Wildman–Crippen MR) is 113 cm³/mol. The molecule has 1 aromatic carbocycles. The molecule has 1 aliphatic carbocycles. The summed E-state index contributed by atoms with van der Waals surface area (Å²) in [5.74, 6) is -0.477. The van der Waals surface area contributed by atoms with Gasteiger partial charge in [-0.25, -0.2) is 4.39 Å². The summed E-state index contributed by atoms with van der Waals surface area (Å²) in [7, 11) is 0. The Bertz CT molecular complexity index is 1020. The Morgan fingerprint density at radius 2 is 1.82 bits per heavy atom. The van der Waals surface area contributed by atoms with Crippen LogP contribution < -0.4 is 10.6 Å². The van der Waals surface area contributed by atoms with Crippen molar-refractivity contribution >= 4 is 5.91 Å². The van der Waals surface area contributed by atoms with Crippen LogP contribution in [0, 0.1) is 25.2 Å². The van der Waals surface area contributed by atoms with Crippen LogP contribution in [-0.4, -0.2) is 34.5 Å². The lowest BCUT2D eigenvalue weighted by atomic mass is 9.97. The summed E-state index contributed by atoms with van der Waals surface area (Å²) in [6, 6.07) is 3.98. The third kappa shape index (κ3) is 5.90. The molecule has 3 rings (SSSR count). The Morgan fingerprint density at radius 1 is 1.21 bits per heavy atom. The van der Waals surface area contributed by atoms with Gasteiger partial charge in [0.15, 0.2) is 6.04 Å². The van der Waals surface area contributed by atoms with E-state index in [1.165, 1.54) is 38.1 Å². The fourth-order valence-electron chi connectivity index (χ4n) is 3.78. The van der Waals surface area contributed by atoms with Crippen molar-refractivity contribution in [3.05, 3.63) is 41.3 Å². The summed E-state index contributed by atoms with van der Waals surface area (Å²) >= 11 is 0. The van der Waals surface area contributed by atoms with Gasteiger partial charge in [-0.15, -0.1) is 0 Å². The van der Waals surface area contributed by atoms with Gasteiger partial charge >= 0.3 is 6.18 Å². The van der Waals surface area contributed by atoms with Gasteiger partial charge in [-0.3, -0.25) is 10.1 Å². The highest BCUT2D eigenvalue weighted by atomic mass is 19.4. The number of carbonyl (C=O) groups is 1. The van der Waals surface area contributed by atoms with Gasteiger partial charge in [0.2, 0.25) is 5.91 Å². The summed E-state index contributed by atoms with van der Waals surface area (Å²) < 4.78 is 61.1. The van der Waals surface area contributed by atoms with E-state index in [2.05, 4.69) is 10.5 Å². The monoisotopic (exact) mass is 466 g/mol. The Labute approximate surface area is 189 Å². The minimum atomic E-state index is -4.79. The SMILES string of the molecule is Cc1noc(C)c1-c1ccc([C@H](NC(=O)[C@H](CC(C)(C)F)NC2(C#N)CC2)C(F)(F)F)cc1. The van der Waals surface area contributed by atoms with Crippen LogP contribution in [0.15, 0.2) is 28.8 Å². The van der Waals surface area contributed by atoms with Gasteiger partial charge in [-0.05, 0) is 51.7 Å². The predicted octanol–water partition coefficient (Wildman–Crippen LogP) is 4.83. The summed E-state index contributed by atoms with van der Waals surface area (Å²) in [5, 5.41) is 17.9. The normalized spacial score (nSPS) is 17.2. The molecule has 0 radical (unpaired) electrons. The molecule has 178 valence electrons. The molecule has 33 heavy (non-hydrogen) atoms. The third-order valence-corrected chi connectivity index (χ3v) is 5.60. The van der Waals surface area contributed by atoms with E-state index in [-0.39, 0.29) is 12.0 Å². The third-order valence-electron chi connectivity index (χ3n) is 5.60. The lowest BCUT2D eigenvalue weighted by Gasteiger charge is -2.29. The van der Waals surface area contributed by atoms with Crippen molar-refractivity contribution in [2.75, 3.05) is 0 Å². The first-order chi connectivity index (χ1) is 15.2. The van der Waals surface area contributed by atoms with Crippen LogP contribution >= 0.6 is 0 Å². The van der Waals surface area contributed by atoms with Crippen LogP contribution in [0.2, 0.25) is 0 Å². The maximum atomic E-state index is 14.3. The number of alkyl halides is 4. The van der Waals surface area contributed by atoms with Crippen molar-refractivity contribution in [1.82, 2.24) is 15.8 Å². The molecular weight excluding hydrogens is 440 g/mol. The molecule has 6 nitrogen and oxygen atoms in total. The van der Waals surface area contributed by atoms with Gasteiger partial charge in [-0.1, -0.05) is 29.4 Å². The average Bonchev–Trinajstić information content (AvgIpc) is 3.41. The summed E-state index contributed by atoms with van der Waals surface area (Å²) in [4.78, 5) is 12.8. The molecule has 2 aromatic rings. The minimum absolute atomic E-state index is 0.175. The molecule has 0 aliphatic heterocycles. The van der Waals surface area contributed by atoms with E-state index >= 15 is 0 Å². The maximum absolute atomic E-state index is 14.3. The van der Waals surface area contributed by atoms with Crippen molar-refractivity contribution in [3.8, 4) is 17.2 Å². The molecule has 1 heterocycles. The topological polar surface area (TPSA) is 90.9 Å². The Kier molecular flexibility index (Phi) is 6.58. The van der Waals surface area contributed by atoms with Crippen molar-refractivity contribution < 1.29 is 26.9 Å². The molecular formula is C23H26F4N4O2. The second kappa shape index (κ2) is 8.78. The smallest absolute Gasteiger partial charge is 0.361 e. The van der Waals surface area contributed by atoms with Crippen LogP contribution in [0.4, 0.5) is 17.6 Å². The zero-order valence-electron chi connectivity index (χ0n) is 18.8. The molecule has 1 aliphatic rings. The molecule has 1 saturated carbocycles. The maximum Gasteiger partial charge on any atom is 0.412 e. The number of nitrogens with zero attached hydrogens (tertiary/aromatic N) is 2. The fraction of sp³-hybridized carbons (Fsp3) is 0.522. The Balaban J connectivity index is 1.85. The number of aromatic nitrogens is 1. The van der Waals surface area contributed by atoms with E-state index in [0.29, 0.717) is 35.4 Å². The number of rotatable bonds is 8. The van der Waals surface area contributed by atoms with E-state index in [0.717, 1.165) is 0 Å². The number of nitrogens with one attached hydrogen (secondary N) is 2. The summed E-state index contributed by atoms with van der Waals surface area (Å²) in [6.07, 6.45) is -4.27. The summed E-state index contributed by atoms with van der Waals surface area (Å²) in [6.45, 7) is 5.90. The molecule has 1 fully saturated rings. The van der Waals surface area contributed by atoms with Gasteiger partial charge in [-0.2, -0.15) is 18.4 Å². The zero-order chi connectivity index (χ0) is 24.6. The minimum Gasteiger partial charge on any atom is -0.361 e. The van der Waals surface area contributed by atoms with Gasteiger partial charge in [0.25, 0.3) is 0 Å². The Morgan fingerprint density at radius 3 is 2.24 bits per heavy atom. The number of nitriles is 1. The standard InChI is InChI=1S/C23H26F4N4O2/c1-13-18(14(2)33-31-13)15-5-7-16(8-6-15)19(23(25,26)27)29-20(32)17(11-21(3,4)24)30-22(12-28)9-10-22/h5-8,17,19,30H,9-11H2,1-4H3,(H,29,32)/t17-,19-/m0/s1. The molecule has 0 saturated heterocycles. The number of aryl methyl sites for hydroxylation is 2. The number of hydrogen-bond donors (Lipinski definition) is 2. The van der Waals surface area contributed by atoms with Gasteiger partial charge in [0.1, 0.15) is 17.0 Å². The highest BCUT2D eigenvalue weighted by molar-refractivity contribution is 5.82. The lowest BCUT2D eigenvalue weighted by Crippen LogP contribution is -2.53. The van der Waals surface area contributed by atoms with Gasteiger partial charge in [0.05, 0.1) is 17.8 Å². The first-order valence-corrected chi connectivity index (χ1v) is 10.5. The van der Waals surface area contributed by atoms with E-state index in [4.69, 9.17) is 4.52 Å². The quantitative estimate of drug-likeness (QED) is 0.544. The molecule has 10 heteroatoms. The van der Waals surface area contributed by atoms with E-state index in [1.54, 1.807) is 13.8 Å². The Hall–Kier alpha value is -2.93. The number of amides is 1. The average molecular weight is 466 g/mol. The van der Waals surface area contributed by atoms with Gasteiger partial charge < -0.3 is 9.84 Å². The van der Waals surface area contributed by atoms with Crippen LogP contribution in [0.5, 0.6) is 0 Å². The van der Waals surface area contributed by atoms with Crippen LogP contribution in [0.3, 0.4) is 0 Å². The molecule has 0 spiro atoms. The van der Waals surface area contributed by atoms with E-state index in [9.17, 15) is 27.6 Å². The molecule has 2 N–H and O–H groups in total. The van der Waals surface area contributed by atoms with Crippen LogP contribution in [-0.2, 0) is 4.79 Å². The van der Waals surface area contributed by atoms with E-state index < -0.39 is 35.4 Å². The highest BCUT2D eigenvalue weighted by Gasteiger charge is 2.48. The second-order valence-corrected chi connectivity index (χ2v) is 9.12. The highest BCUT2D eigenvalue weighted by Crippen LogP contribution is 2.37. The van der Waals surface area contributed by atoms with Crippen molar-refractivity contribution in [2.45, 2.75) is 76.4 Å². The van der Waals surface area contributed by atoms with E-state index in [1.807, 2.05) is 11.4 Å². The first-order valence-electron chi connectivity index (χ1n) is 10.5. The van der Waals surface area contributed by atoms with Crippen LogP contribution in [0.25, 0.3) is 11.1 Å². The fourth-order valence-corrected chi connectivity index (χ4v) is 3.78. The second-order valence-electron chi connectivity index (χ2n) is 9.12. The number of halogens is 4. The molecule has 0 unspecified atom stereocenters. The first kappa shape index (κ1) is 24.7. The van der Waals surface area contributed by atoms with Crippen LogP contribution in [0.1, 0.15) is 56.2 Å². The zero-order valence-corrected chi connectivity index (χ0v) is 18.8. The lowest BCUT2D eigenvalue weighted by molar-refractivity contribution is -0.164. The summed E-state index contributed by atoms with van der Waals surface area (Å²) in [5.41, 5.74) is -1.08. The van der Waals surface area contributed by atoms with Crippen molar-refractivity contribution in [1.29, 1.82) is 5.26 Å². The van der Waals surface area contributed by atoms with Gasteiger partial charge in [0, 0.05) is 12.0 Å². The van der Waals surface area contributed by atoms with Crippen molar-refractivity contribution in [2.24, 2.45) is 0 Å². The number of hydrogen-bond acceptors (Lipinski definition) is 5. The molecule has 1 amide bonds. The molecule has 1 aromatic heterocycles.